The quantitative estimate of drug-likeness (QED) is 0.631. The van der Waals surface area contributed by atoms with Gasteiger partial charge in [-0.15, -0.1) is 0 Å². The summed E-state index contributed by atoms with van der Waals surface area (Å²) >= 11 is 0. The molecule has 2 N–H and O–H groups in total. The predicted octanol–water partition coefficient (Wildman–Crippen LogP) is 0.132. The summed E-state index contributed by atoms with van der Waals surface area (Å²) in [6.07, 6.45) is 3.19. The third-order valence-electron chi connectivity index (χ3n) is 1.84. The topological polar surface area (TPSA) is 63.5 Å². The number of carbonyl (C=O) groups excluding carboxylic acids is 1. The first-order chi connectivity index (χ1) is 7.33. The van der Waals surface area contributed by atoms with E-state index in [1.165, 1.54) is 0 Å². The highest BCUT2D eigenvalue weighted by Gasteiger charge is 2.00. The van der Waals surface area contributed by atoms with Crippen LogP contribution < -0.4 is 10.6 Å². The van der Waals surface area contributed by atoms with Gasteiger partial charge in [0.15, 0.2) is 0 Å². The molecule has 5 heteroatoms. The third kappa shape index (κ3) is 5.19. The Bertz CT molecular complexity index is 272. The van der Waals surface area contributed by atoms with Gasteiger partial charge in [0.05, 0.1) is 25.7 Å². The first-order valence-corrected chi connectivity index (χ1v) is 4.80. The Morgan fingerprint density at radius 3 is 3.13 bits per heavy atom. The molecule has 84 valence electrons. The van der Waals surface area contributed by atoms with Crippen molar-refractivity contribution < 1.29 is 13.9 Å². The Kier molecular flexibility index (Phi) is 5.50. The highest BCUT2D eigenvalue weighted by atomic mass is 16.5. The number of hydrogen-bond donors (Lipinski definition) is 2. The van der Waals surface area contributed by atoms with Crippen molar-refractivity contribution in [2.75, 3.05) is 26.8 Å². The Morgan fingerprint density at radius 1 is 1.60 bits per heavy atom. The molecule has 1 aromatic rings. The fourth-order valence-corrected chi connectivity index (χ4v) is 1.03. The van der Waals surface area contributed by atoms with Crippen LogP contribution in [0.3, 0.4) is 0 Å². The summed E-state index contributed by atoms with van der Waals surface area (Å²) in [6.45, 7) is 2.09. The summed E-state index contributed by atoms with van der Waals surface area (Å²) in [7, 11) is 1.63. The van der Waals surface area contributed by atoms with E-state index in [9.17, 15) is 4.79 Å². The average molecular weight is 212 g/mol. The van der Waals surface area contributed by atoms with Crippen LogP contribution in [-0.2, 0) is 16.1 Å². The Labute approximate surface area is 88.8 Å². The van der Waals surface area contributed by atoms with E-state index in [0.717, 1.165) is 5.56 Å². The van der Waals surface area contributed by atoms with Crippen molar-refractivity contribution in [3.63, 3.8) is 0 Å². The summed E-state index contributed by atoms with van der Waals surface area (Å²) in [5, 5.41) is 5.72. The van der Waals surface area contributed by atoms with E-state index in [4.69, 9.17) is 9.15 Å². The second kappa shape index (κ2) is 7.03. The summed E-state index contributed by atoms with van der Waals surface area (Å²) in [5.41, 5.74) is 0.959. The highest BCUT2D eigenvalue weighted by Crippen LogP contribution is 1.97. The average Bonchev–Trinajstić information content (AvgIpc) is 2.74. The second-order valence-electron chi connectivity index (χ2n) is 3.08. The predicted molar refractivity (Wildman–Crippen MR) is 55.3 cm³/mol. The first-order valence-electron chi connectivity index (χ1n) is 4.80. The number of ether oxygens (including phenoxy) is 1. The molecular formula is C10H16N2O3. The molecule has 0 fully saturated rings. The second-order valence-corrected chi connectivity index (χ2v) is 3.08. The van der Waals surface area contributed by atoms with Gasteiger partial charge in [-0.05, 0) is 6.07 Å². The van der Waals surface area contributed by atoms with E-state index < -0.39 is 0 Å². The van der Waals surface area contributed by atoms with Crippen LogP contribution in [0.5, 0.6) is 0 Å². The van der Waals surface area contributed by atoms with Gasteiger partial charge in [0.1, 0.15) is 0 Å². The zero-order chi connectivity index (χ0) is 10.9. The molecular weight excluding hydrogens is 196 g/mol. The lowest BCUT2D eigenvalue weighted by molar-refractivity contribution is -0.120. The number of nitrogens with one attached hydrogen (secondary N) is 2. The maximum Gasteiger partial charge on any atom is 0.234 e. The molecule has 0 saturated carbocycles. The van der Waals surface area contributed by atoms with E-state index in [-0.39, 0.29) is 5.91 Å². The van der Waals surface area contributed by atoms with E-state index in [2.05, 4.69) is 10.6 Å². The number of amides is 1. The summed E-state index contributed by atoms with van der Waals surface area (Å²) in [6, 6.07) is 1.82. The van der Waals surface area contributed by atoms with Crippen LogP contribution in [0.25, 0.3) is 0 Å². The van der Waals surface area contributed by atoms with Crippen molar-refractivity contribution >= 4 is 5.91 Å². The minimum absolute atomic E-state index is 0.0349. The molecule has 0 aromatic carbocycles. The molecule has 1 amide bonds. The number of carbonyl (C=O) groups is 1. The number of hydrogen-bond acceptors (Lipinski definition) is 4. The van der Waals surface area contributed by atoms with Crippen LogP contribution in [0.4, 0.5) is 0 Å². The summed E-state index contributed by atoms with van der Waals surface area (Å²) in [4.78, 5) is 11.3. The number of furan rings is 1. The molecule has 15 heavy (non-hydrogen) atoms. The van der Waals surface area contributed by atoms with Crippen LogP contribution in [0.15, 0.2) is 23.0 Å². The monoisotopic (exact) mass is 212 g/mol. The highest BCUT2D eigenvalue weighted by molar-refractivity contribution is 5.77. The number of rotatable bonds is 7. The Balaban J connectivity index is 2.04. The summed E-state index contributed by atoms with van der Waals surface area (Å²) in [5.74, 6) is -0.0349. The van der Waals surface area contributed by atoms with Crippen molar-refractivity contribution in [2.24, 2.45) is 0 Å². The fraction of sp³-hybridized carbons (Fsp3) is 0.500. The van der Waals surface area contributed by atoms with Crippen molar-refractivity contribution in [1.29, 1.82) is 0 Å². The van der Waals surface area contributed by atoms with Gasteiger partial charge in [-0.2, -0.15) is 0 Å². The van der Waals surface area contributed by atoms with Gasteiger partial charge in [-0.25, -0.2) is 0 Å². The fourth-order valence-electron chi connectivity index (χ4n) is 1.03. The van der Waals surface area contributed by atoms with Gasteiger partial charge in [0.2, 0.25) is 5.91 Å². The van der Waals surface area contributed by atoms with Gasteiger partial charge in [-0.1, -0.05) is 0 Å². The lowest BCUT2D eigenvalue weighted by Gasteiger charge is -2.04. The van der Waals surface area contributed by atoms with Crippen molar-refractivity contribution in [3.8, 4) is 0 Å². The third-order valence-corrected chi connectivity index (χ3v) is 1.84. The zero-order valence-corrected chi connectivity index (χ0v) is 8.79. The van der Waals surface area contributed by atoms with E-state index in [0.29, 0.717) is 26.2 Å². The van der Waals surface area contributed by atoms with Gasteiger partial charge in [-0.3, -0.25) is 4.79 Å². The molecule has 1 rings (SSSR count). The summed E-state index contributed by atoms with van der Waals surface area (Å²) < 4.78 is 9.71. The van der Waals surface area contributed by atoms with E-state index in [1.807, 2.05) is 6.07 Å². The van der Waals surface area contributed by atoms with Gasteiger partial charge < -0.3 is 19.8 Å². The Morgan fingerprint density at radius 2 is 2.47 bits per heavy atom. The molecule has 0 saturated heterocycles. The van der Waals surface area contributed by atoms with Crippen LogP contribution in [0, 0.1) is 0 Å². The van der Waals surface area contributed by atoms with Crippen LogP contribution in [-0.4, -0.2) is 32.7 Å². The smallest absolute Gasteiger partial charge is 0.234 e. The molecule has 5 nitrogen and oxygen atoms in total. The first kappa shape index (κ1) is 11.7. The molecule has 0 aliphatic carbocycles. The molecule has 0 spiro atoms. The minimum atomic E-state index is -0.0349. The largest absolute Gasteiger partial charge is 0.472 e. The molecule has 0 radical (unpaired) electrons. The van der Waals surface area contributed by atoms with Gasteiger partial charge in [0.25, 0.3) is 0 Å². The van der Waals surface area contributed by atoms with Crippen LogP contribution in [0.1, 0.15) is 5.56 Å². The Hall–Kier alpha value is -1.33. The van der Waals surface area contributed by atoms with E-state index in [1.54, 1.807) is 19.6 Å². The maximum atomic E-state index is 11.3. The van der Waals surface area contributed by atoms with Gasteiger partial charge in [0, 0.05) is 25.8 Å². The van der Waals surface area contributed by atoms with Crippen molar-refractivity contribution in [1.82, 2.24) is 10.6 Å². The molecule has 1 aromatic heterocycles. The molecule has 0 aliphatic heterocycles. The molecule has 0 unspecified atom stereocenters. The van der Waals surface area contributed by atoms with Crippen molar-refractivity contribution in [3.05, 3.63) is 24.2 Å². The maximum absolute atomic E-state index is 11.3. The van der Waals surface area contributed by atoms with Crippen LogP contribution >= 0.6 is 0 Å². The molecule has 1 heterocycles. The normalized spacial score (nSPS) is 10.2. The molecule has 0 aliphatic rings. The lowest BCUT2D eigenvalue weighted by atomic mass is 10.3. The number of methoxy groups -OCH3 is 1. The van der Waals surface area contributed by atoms with Crippen LogP contribution in [0.2, 0.25) is 0 Å². The lowest BCUT2D eigenvalue weighted by Crippen LogP contribution is -2.34. The SMILES string of the molecule is COCCNCC(=O)NCc1ccoc1. The molecule has 0 atom stereocenters. The molecule has 0 bridgehead atoms. The minimum Gasteiger partial charge on any atom is -0.472 e. The van der Waals surface area contributed by atoms with Gasteiger partial charge >= 0.3 is 0 Å². The van der Waals surface area contributed by atoms with Crippen molar-refractivity contribution in [2.45, 2.75) is 6.54 Å². The van der Waals surface area contributed by atoms with E-state index >= 15 is 0 Å². The standard InChI is InChI=1S/C10H16N2O3/c1-14-5-3-11-7-10(13)12-6-9-2-4-15-8-9/h2,4,8,11H,3,5-7H2,1H3,(H,12,13). The zero-order valence-electron chi connectivity index (χ0n) is 8.79.